The second kappa shape index (κ2) is 10.0. The molecule has 20 heavy (non-hydrogen) atoms. The summed E-state index contributed by atoms with van der Waals surface area (Å²) < 4.78 is 0. The molecule has 0 saturated heterocycles. The van der Waals surface area contributed by atoms with E-state index in [1.807, 2.05) is 37.5 Å². The van der Waals surface area contributed by atoms with Crippen LogP contribution in [0.5, 0.6) is 0 Å². The summed E-state index contributed by atoms with van der Waals surface area (Å²) in [6.45, 7) is 5.46. The van der Waals surface area contributed by atoms with E-state index in [-0.39, 0.29) is 0 Å². The van der Waals surface area contributed by atoms with Crippen molar-refractivity contribution in [3.05, 3.63) is 42.7 Å². The molecule has 0 radical (unpaired) electrons. The summed E-state index contributed by atoms with van der Waals surface area (Å²) in [6, 6.07) is 5.93. The smallest absolute Gasteiger partial charge is 0.193 e. The molecule has 0 aliphatic heterocycles. The van der Waals surface area contributed by atoms with Crippen LogP contribution in [-0.2, 0) is 6.54 Å². The first-order valence-electron chi connectivity index (χ1n) is 7.20. The van der Waals surface area contributed by atoms with Gasteiger partial charge in [-0.3, -0.25) is 9.98 Å². The number of pyridine rings is 1. The number of rotatable bonds is 8. The van der Waals surface area contributed by atoms with Crippen molar-refractivity contribution in [1.29, 1.82) is 0 Å². The van der Waals surface area contributed by atoms with Gasteiger partial charge in [-0.15, -0.1) is 6.58 Å². The summed E-state index contributed by atoms with van der Waals surface area (Å²) in [6.07, 6.45) is 8.52. The molecule has 0 amide bonds. The fourth-order valence-electron chi connectivity index (χ4n) is 1.98. The number of unbranched alkanes of at least 4 members (excludes halogenated alkanes) is 3. The Morgan fingerprint density at radius 3 is 2.90 bits per heavy atom. The SMILES string of the molecule is C=CCCCCCN(C)C(=NC)NCc1ccccn1. The Labute approximate surface area is 122 Å². The first-order valence-corrected chi connectivity index (χ1v) is 7.20. The normalized spacial score (nSPS) is 11.2. The van der Waals surface area contributed by atoms with E-state index in [2.05, 4.69) is 33.8 Å². The van der Waals surface area contributed by atoms with Crippen molar-refractivity contribution in [3.8, 4) is 0 Å². The molecule has 0 saturated carbocycles. The van der Waals surface area contributed by atoms with Gasteiger partial charge in [0.05, 0.1) is 12.2 Å². The molecule has 1 rings (SSSR count). The summed E-state index contributed by atoms with van der Waals surface area (Å²) in [5, 5.41) is 3.33. The maximum Gasteiger partial charge on any atom is 0.193 e. The van der Waals surface area contributed by atoms with Crippen LogP contribution >= 0.6 is 0 Å². The van der Waals surface area contributed by atoms with Crippen molar-refractivity contribution in [1.82, 2.24) is 15.2 Å². The van der Waals surface area contributed by atoms with Gasteiger partial charge in [0, 0.05) is 26.8 Å². The van der Waals surface area contributed by atoms with E-state index in [0.29, 0.717) is 6.54 Å². The first kappa shape index (κ1) is 16.2. The van der Waals surface area contributed by atoms with E-state index in [4.69, 9.17) is 0 Å². The lowest BCUT2D eigenvalue weighted by atomic mass is 10.2. The van der Waals surface area contributed by atoms with Crippen molar-refractivity contribution >= 4 is 5.96 Å². The van der Waals surface area contributed by atoms with Gasteiger partial charge in [0.25, 0.3) is 0 Å². The Morgan fingerprint density at radius 1 is 1.40 bits per heavy atom. The molecule has 0 bridgehead atoms. The lowest BCUT2D eigenvalue weighted by Gasteiger charge is -2.21. The highest BCUT2D eigenvalue weighted by molar-refractivity contribution is 5.79. The van der Waals surface area contributed by atoms with Crippen LogP contribution in [0.3, 0.4) is 0 Å². The Kier molecular flexibility index (Phi) is 8.11. The highest BCUT2D eigenvalue weighted by Crippen LogP contribution is 2.02. The van der Waals surface area contributed by atoms with Crippen molar-refractivity contribution in [2.24, 2.45) is 4.99 Å². The molecule has 1 aromatic rings. The minimum absolute atomic E-state index is 0.703. The third-order valence-corrected chi connectivity index (χ3v) is 3.13. The second-order valence-electron chi connectivity index (χ2n) is 4.78. The maximum atomic E-state index is 4.31. The van der Waals surface area contributed by atoms with E-state index in [0.717, 1.165) is 24.6 Å². The average molecular weight is 274 g/mol. The Bertz CT molecular complexity index is 400. The molecule has 4 nitrogen and oxygen atoms in total. The molecule has 1 heterocycles. The van der Waals surface area contributed by atoms with E-state index in [1.165, 1.54) is 19.3 Å². The zero-order chi connectivity index (χ0) is 14.6. The molecule has 0 fully saturated rings. The molecule has 0 unspecified atom stereocenters. The van der Waals surface area contributed by atoms with E-state index < -0.39 is 0 Å². The summed E-state index contributed by atoms with van der Waals surface area (Å²) in [4.78, 5) is 10.8. The molecule has 0 spiro atoms. The molecular weight excluding hydrogens is 248 g/mol. The third-order valence-electron chi connectivity index (χ3n) is 3.13. The van der Waals surface area contributed by atoms with Crippen LogP contribution in [0.25, 0.3) is 0 Å². The van der Waals surface area contributed by atoms with Gasteiger partial charge in [0.15, 0.2) is 5.96 Å². The molecule has 0 aromatic carbocycles. The highest BCUT2D eigenvalue weighted by atomic mass is 15.3. The lowest BCUT2D eigenvalue weighted by molar-refractivity contribution is 0.454. The minimum atomic E-state index is 0.703. The zero-order valence-electron chi connectivity index (χ0n) is 12.7. The van der Waals surface area contributed by atoms with Gasteiger partial charge < -0.3 is 10.2 Å². The largest absolute Gasteiger partial charge is 0.351 e. The third kappa shape index (κ3) is 6.36. The van der Waals surface area contributed by atoms with Gasteiger partial charge >= 0.3 is 0 Å². The van der Waals surface area contributed by atoms with Crippen LogP contribution in [-0.4, -0.2) is 36.5 Å². The minimum Gasteiger partial charge on any atom is -0.351 e. The van der Waals surface area contributed by atoms with Crippen molar-refractivity contribution < 1.29 is 0 Å². The number of nitrogens with one attached hydrogen (secondary N) is 1. The number of aliphatic imine (C=N–C) groups is 1. The topological polar surface area (TPSA) is 40.5 Å². The van der Waals surface area contributed by atoms with Gasteiger partial charge in [0.1, 0.15) is 0 Å². The van der Waals surface area contributed by atoms with Crippen molar-refractivity contribution in [3.63, 3.8) is 0 Å². The lowest BCUT2D eigenvalue weighted by Crippen LogP contribution is -2.39. The number of hydrogen-bond donors (Lipinski definition) is 1. The van der Waals surface area contributed by atoms with Crippen LogP contribution in [0, 0.1) is 0 Å². The number of nitrogens with zero attached hydrogens (tertiary/aromatic N) is 3. The summed E-state index contributed by atoms with van der Waals surface area (Å²) in [5.74, 6) is 0.916. The molecule has 1 N–H and O–H groups in total. The molecular formula is C16H26N4. The molecule has 4 heteroatoms. The second-order valence-corrected chi connectivity index (χ2v) is 4.78. The number of allylic oxidation sites excluding steroid dienone is 1. The first-order chi connectivity index (χ1) is 9.77. The number of guanidine groups is 1. The van der Waals surface area contributed by atoms with E-state index >= 15 is 0 Å². The monoisotopic (exact) mass is 274 g/mol. The van der Waals surface area contributed by atoms with E-state index in [1.54, 1.807) is 0 Å². The average Bonchev–Trinajstić information content (AvgIpc) is 2.48. The van der Waals surface area contributed by atoms with Crippen LogP contribution in [0.2, 0.25) is 0 Å². The summed E-state index contributed by atoms with van der Waals surface area (Å²) >= 11 is 0. The number of aromatic nitrogens is 1. The van der Waals surface area contributed by atoms with Crippen molar-refractivity contribution in [2.75, 3.05) is 20.6 Å². The van der Waals surface area contributed by atoms with Crippen LogP contribution in [0.4, 0.5) is 0 Å². The Hall–Kier alpha value is -1.84. The van der Waals surface area contributed by atoms with Crippen LogP contribution in [0.1, 0.15) is 31.4 Å². The standard InChI is InChI=1S/C16H26N4/c1-4-5-6-7-10-13-20(3)16(17-2)19-14-15-11-8-9-12-18-15/h4,8-9,11-12H,1,5-7,10,13-14H2,2-3H3,(H,17,19). The van der Waals surface area contributed by atoms with E-state index in [9.17, 15) is 0 Å². The van der Waals surface area contributed by atoms with Gasteiger partial charge in [-0.25, -0.2) is 0 Å². The van der Waals surface area contributed by atoms with Crippen molar-refractivity contribution in [2.45, 2.75) is 32.2 Å². The quantitative estimate of drug-likeness (QED) is 0.343. The molecule has 1 aromatic heterocycles. The van der Waals surface area contributed by atoms with Gasteiger partial charge in [-0.05, 0) is 31.4 Å². The van der Waals surface area contributed by atoms with Crippen LogP contribution in [0.15, 0.2) is 42.0 Å². The highest BCUT2D eigenvalue weighted by Gasteiger charge is 2.05. The van der Waals surface area contributed by atoms with Crippen LogP contribution < -0.4 is 5.32 Å². The fourth-order valence-corrected chi connectivity index (χ4v) is 1.98. The molecule has 0 aliphatic rings. The predicted molar refractivity (Wildman–Crippen MR) is 85.7 cm³/mol. The Balaban J connectivity index is 2.29. The molecule has 0 aliphatic carbocycles. The summed E-state index contributed by atoms with van der Waals surface area (Å²) in [7, 11) is 3.89. The zero-order valence-corrected chi connectivity index (χ0v) is 12.7. The maximum absolute atomic E-state index is 4.31. The molecule has 0 atom stereocenters. The Morgan fingerprint density at radius 2 is 2.25 bits per heavy atom. The summed E-state index contributed by atoms with van der Waals surface area (Å²) in [5.41, 5.74) is 1.02. The van der Waals surface area contributed by atoms with Gasteiger partial charge in [-0.2, -0.15) is 0 Å². The van der Waals surface area contributed by atoms with Gasteiger partial charge in [-0.1, -0.05) is 18.6 Å². The fraction of sp³-hybridized carbons (Fsp3) is 0.500. The number of hydrogen-bond acceptors (Lipinski definition) is 2. The molecule has 110 valence electrons. The predicted octanol–water partition coefficient (Wildman–Crippen LogP) is 2.84. The van der Waals surface area contributed by atoms with Gasteiger partial charge in [0.2, 0.25) is 0 Å².